The standard InChI is InChI=1S/C15H28O/c1-13-7-9-15(10-8-13)16-12-11-14-5-3-2-4-6-14/h13-15H,2-12H2,1H3. The molecule has 0 aromatic heterocycles. The monoisotopic (exact) mass is 224 g/mol. The van der Waals surface area contributed by atoms with E-state index in [-0.39, 0.29) is 0 Å². The SMILES string of the molecule is CC1CCC(OCCC2CCCCC2)CC1. The zero-order chi connectivity index (χ0) is 11.2. The molecule has 2 aliphatic rings. The maximum absolute atomic E-state index is 6.03. The molecule has 1 heteroatoms. The van der Waals surface area contributed by atoms with Gasteiger partial charge >= 0.3 is 0 Å². The van der Waals surface area contributed by atoms with E-state index in [0.29, 0.717) is 6.10 Å². The van der Waals surface area contributed by atoms with Crippen LogP contribution in [0.4, 0.5) is 0 Å². The van der Waals surface area contributed by atoms with E-state index in [4.69, 9.17) is 4.74 Å². The van der Waals surface area contributed by atoms with Crippen LogP contribution in [0, 0.1) is 11.8 Å². The van der Waals surface area contributed by atoms with Crippen molar-refractivity contribution in [2.75, 3.05) is 6.61 Å². The van der Waals surface area contributed by atoms with Crippen molar-refractivity contribution in [2.24, 2.45) is 11.8 Å². The van der Waals surface area contributed by atoms with Crippen molar-refractivity contribution in [3.63, 3.8) is 0 Å². The van der Waals surface area contributed by atoms with Gasteiger partial charge in [0.25, 0.3) is 0 Å². The molecule has 0 aliphatic heterocycles. The molecule has 0 aromatic carbocycles. The molecule has 0 unspecified atom stereocenters. The van der Waals surface area contributed by atoms with Gasteiger partial charge in [-0.3, -0.25) is 0 Å². The van der Waals surface area contributed by atoms with E-state index in [1.165, 1.54) is 64.2 Å². The molecule has 2 aliphatic carbocycles. The second kappa shape index (κ2) is 6.64. The summed E-state index contributed by atoms with van der Waals surface area (Å²) >= 11 is 0. The Morgan fingerprint density at radius 1 is 0.875 bits per heavy atom. The van der Waals surface area contributed by atoms with Crippen LogP contribution < -0.4 is 0 Å². The Bertz CT molecular complexity index is 176. The van der Waals surface area contributed by atoms with E-state index in [9.17, 15) is 0 Å². The molecule has 16 heavy (non-hydrogen) atoms. The van der Waals surface area contributed by atoms with Gasteiger partial charge in [-0.05, 0) is 43.9 Å². The fourth-order valence-electron chi connectivity index (χ4n) is 3.27. The molecule has 0 saturated heterocycles. The minimum Gasteiger partial charge on any atom is -0.378 e. The van der Waals surface area contributed by atoms with E-state index in [2.05, 4.69) is 6.92 Å². The summed E-state index contributed by atoms with van der Waals surface area (Å²) in [6, 6.07) is 0. The summed E-state index contributed by atoms with van der Waals surface area (Å²) in [6.07, 6.45) is 14.6. The summed E-state index contributed by atoms with van der Waals surface area (Å²) in [6.45, 7) is 3.40. The van der Waals surface area contributed by atoms with Gasteiger partial charge in [0, 0.05) is 6.61 Å². The number of hydrogen-bond acceptors (Lipinski definition) is 1. The van der Waals surface area contributed by atoms with Gasteiger partial charge in [0.05, 0.1) is 6.10 Å². The molecule has 0 N–H and O–H groups in total. The minimum atomic E-state index is 0.597. The number of ether oxygens (including phenoxy) is 1. The maximum Gasteiger partial charge on any atom is 0.0575 e. The van der Waals surface area contributed by atoms with Crippen molar-refractivity contribution in [2.45, 2.75) is 77.2 Å². The molecule has 0 atom stereocenters. The van der Waals surface area contributed by atoms with Crippen LogP contribution in [-0.4, -0.2) is 12.7 Å². The highest BCUT2D eigenvalue weighted by atomic mass is 16.5. The summed E-state index contributed by atoms with van der Waals surface area (Å²) in [7, 11) is 0. The summed E-state index contributed by atoms with van der Waals surface area (Å²) in [5, 5.41) is 0. The average Bonchev–Trinajstić information content (AvgIpc) is 2.33. The zero-order valence-corrected chi connectivity index (χ0v) is 10.9. The van der Waals surface area contributed by atoms with Gasteiger partial charge in [0.15, 0.2) is 0 Å². The van der Waals surface area contributed by atoms with Gasteiger partial charge in [0.1, 0.15) is 0 Å². The minimum absolute atomic E-state index is 0.597. The molecule has 0 aromatic rings. The molecule has 0 amide bonds. The van der Waals surface area contributed by atoms with Gasteiger partial charge in [-0.1, -0.05) is 39.0 Å². The predicted octanol–water partition coefficient (Wildman–Crippen LogP) is 4.55. The van der Waals surface area contributed by atoms with Crippen LogP contribution in [0.5, 0.6) is 0 Å². The first-order chi connectivity index (χ1) is 7.84. The maximum atomic E-state index is 6.03. The molecule has 1 nitrogen and oxygen atoms in total. The first-order valence-corrected chi connectivity index (χ1v) is 7.46. The van der Waals surface area contributed by atoms with E-state index >= 15 is 0 Å². The molecule has 2 rings (SSSR count). The van der Waals surface area contributed by atoms with Crippen LogP contribution in [0.15, 0.2) is 0 Å². The zero-order valence-electron chi connectivity index (χ0n) is 10.9. The molecule has 0 bridgehead atoms. The van der Waals surface area contributed by atoms with E-state index in [0.717, 1.165) is 18.4 Å². The second-order valence-corrected chi connectivity index (χ2v) is 6.05. The van der Waals surface area contributed by atoms with E-state index in [1.54, 1.807) is 0 Å². The summed E-state index contributed by atoms with van der Waals surface area (Å²) in [4.78, 5) is 0. The van der Waals surface area contributed by atoms with Crippen LogP contribution in [0.25, 0.3) is 0 Å². The van der Waals surface area contributed by atoms with Gasteiger partial charge in [0.2, 0.25) is 0 Å². The largest absolute Gasteiger partial charge is 0.378 e. The Morgan fingerprint density at radius 2 is 1.56 bits per heavy atom. The predicted molar refractivity (Wildman–Crippen MR) is 68.6 cm³/mol. The molecule has 0 radical (unpaired) electrons. The quantitative estimate of drug-likeness (QED) is 0.680. The molecule has 0 spiro atoms. The molecule has 2 fully saturated rings. The lowest BCUT2D eigenvalue weighted by Gasteiger charge is -2.27. The smallest absolute Gasteiger partial charge is 0.0575 e. The van der Waals surface area contributed by atoms with Crippen LogP contribution >= 0.6 is 0 Å². The van der Waals surface area contributed by atoms with Crippen molar-refractivity contribution >= 4 is 0 Å². The fraction of sp³-hybridized carbons (Fsp3) is 1.00. The van der Waals surface area contributed by atoms with Crippen LogP contribution in [0.2, 0.25) is 0 Å². The van der Waals surface area contributed by atoms with Crippen molar-refractivity contribution in [1.29, 1.82) is 0 Å². The molecule has 94 valence electrons. The summed E-state index contributed by atoms with van der Waals surface area (Å²) < 4.78 is 6.03. The van der Waals surface area contributed by atoms with E-state index in [1.807, 2.05) is 0 Å². The second-order valence-electron chi connectivity index (χ2n) is 6.05. The highest BCUT2D eigenvalue weighted by molar-refractivity contribution is 4.71. The Hall–Kier alpha value is -0.0400. The van der Waals surface area contributed by atoms with Gasteiger partial charge in [-0.25, -0.2) is 0 Å². The lowest BCUT2D eigenvalue weighted by Crippen LogP contribution is -2.21. The van der Waals surface area contributed by atoms with Crippen LogP contribution in [0.3, 0.4) is 0 Å². The van der Waals surface area contributed by atoms with Crippen LogP contribution in [-0.2, 0) is 4.74 Å². The third-order valence-corrected chi connectivity index (χ3v) is 4.57. The Morgan fingerprint density at radius 3 is 2.25 bits per heavy atom. The normalized spacial score (nSPS) is 32.8. The Labute approximate surface area is 101 Å². The molecular formula is C15H28O. The first kappa shape index (κ1) is 12.4. The lowest BCUT2D eigenvalue weighted by molar-refractivity contribution is 0.0114. The van der Waals surface area contributed by atoms with Gasteiger partial charge in [-0.15, -0.1) is 0 Å². The summed E-state index contributed by atoms with van der Waals surface area (Å²) in [5.74, 6) is 1.93. The Kier molecular flexibility index (Phi) is 5.15. The highest BCUT2D eigenvalue weighted by Gasteiger charge is 2.19. The fourth-order valence-corrected chi connectivity index (χ4v) is 3.27. The number of hydrogen-bond donors (Lipinski definition) is 0. The first-order valence-electron chi connectivity index (χ1n) is 7.46. The molecular weight excluding hydrogens is 196 g/mol. The molecule has 2 saturated carbocycles. The third-order valence-electron chi connectivity index (χ3n) is 4.57. The Balaban J connectivity index is 1.53. The van der Waals surface area contributed by atoms with Crippen LogP contribution in [0.1, 0.15) is 71.1 Å². The third kappa shape index (κ3) is 4.08. The van der Waals surface area contributed by atoms with Gasteiger partial charge < -0.3 is 4.74 Å². The lowest BCUT2D eigenvalue weighted by atomic mass is 9.87. The average molecular weight is 224 g/mol. The van der Waals surface area contributed by atoms with Crippen molar-refractivity contribution < 1.29 is 4.74 Å². The van der Waals surface area contributed by atoms with Crippen molar-refractivity contribution in [3.05, 3.63) is 0 Å². The molecule has 0 heterocycles. The summed E-state index contributed by atoms with van der Waals surface area (Å²) in [5.41, 5.74) is 0. The van der Waals surface area contributed by atoms with Crippen molar-refractivity contribution in [1.82, 2.24) is 0 Å². The van der Waals surface area contributed by atoms with Gasteiger partial charge in [-0.2, -0.15) is 0 Å². The topological polar surface area (TPSA) is 9.23 Å². The highest BCUT2D eigenvalue weighted by Crippen LogP contribution is 2.28. The van der Waals surface area contributed by atoms with E-state index < -0.39 is 0 Å². The van der Waals surface area contributed by atoms with Crippen molar-refractivity contribution in [3.8, 4) is 0 Å². The number of rotatable bonds is 4.